The predicted octanol–water partition coefficient (Wildman–Crippen LogP) is 4.15. The van der Waals surface area contributed by atoms with E-state index in [9.17, 15) is 0 Å². The summed E-state index contributed by atoms with van der Waals surface area (Å²) in [6, 6.07) is 8.55. The summed E-state index contributed by atoms with van der Waals surface area (Å²) in [6.45, 7) is 4.59. The van der Waals surface area contributed by atoms with Crippen molar-refractivity contribution in [1.82, 2.24) is 4.98 Å². The topological polar surface area (TPSA) is 15.8 Å². The number of aromatic amines is 1. The fraction of sp³-hybridized carbons (Fsp3) is 0.429. The molecular weight excluding hydrogens is 182 g/mol. The number of fused-ring (bicyclic) bond motifs is 1. The highest BCUT2D eigenvalue weighted by Crippen LogP contribution is 2.22. The molecule has 0 amide bonds. The van der Waals surface area contributed by atoms with Crippen molar-refractivity contribution < 1.29 is 0 Å². The Bertz CT molecular complexity index is 428. The highest BCUT2D eigenvalue weighted by Gasteiger charge is 2.07. The zero-order valence-electron chi connectivity index (χ0n) is 9.59. The van der Waals surface area contributed by atoms with Gasteiger partial charge in [0.1, 0.15) is 0 Å². The Morgan fingerprint density at radius 3 is 2.87 bits per heavy atom. The molecule has 0 saturated heterocycles. The third-order valence-electron chi connectivity index (χ3n) is 3.02. The first-order chi connectivity index (χ1) is 7.31. The van der Waals surface area contributed by atoms with Gasteiger partial charge in [-0.25, -0.2) is 0 Å². The van der Waals surface area contributed by atoms with Gasteiger partial charge >= 0.3 is 0 Å². The summed E-state index contributed by atoms with van der Waals surface area (Å²) in [5, 5.41) is 1.39. The van der Waals surface area contributed by atoms with E-state index in [1.165, 1.54) is 35.7 Å². The molecule has 0 aliphatic heterocycles. The molecule has 0 aliphatic rings. The quantitative estimate of drug-likeness (QED) is 0.765. The molecule has 80 valence electrons. The van der Waals surface area contributed by atoms with Gasteiger partial charge in [-0.2, -0.15) is 0 Å². The first kappa shape index (κ1) is 10.3. The fourth-order valence-electron chi connectivity index (χ4n) is 2.27. The molecule has 1 aromatic carbocycles. The maximum Gasteiger partial charge on any atom is 0.0456 e. The number of rotatable bonds is 4. The molecule has 0 bridgehead atoms. The lowest BCUT2D eigenvalue weighted by atomic mass is 9.97. The number of hydrogen-bond acceptors (Lipinski definition) is 0. The summed E-state index contributed by atoms with van der Waals surface area (Å²) in [7, 11) is 0. The third-order valence-corrected chi connectivity index (χ3v) is 3.02. The molecule has 0 radical (unpaired) electrons. The molecule has 15 heavy (non-hydrogen) atoms. The van der Waals surface area contributed by atoms with Crippen LogP contribution in [-0.2, 0) is 6.42 Å². The van der Waals surface area contributed by atoms with Crippen LogP contribution in [0, 0.1) is 5.92 Å². The molecule has 0 spiro atoms. The normalized spacial score (nSPS) is 13.2. The highest BCUT2D eigenvalue weighted by molar-refractivity contribution is 5.83. The monoisotopic (exact) mass is 201 g/mol. The van der Waals surface area contributed by atoms with Gasteiger partial charge in [-0.05, 0) is 24.0 Å². The number of nitrogens with one attached hydrogen (secondary N) is 1. The van der Waals surface area contributed by atoms with Crippen LogP contribution in [0.5, 0.6) is 0 Å². The number of aromatic nitrogens is 1. The van der Waals surface area contributed by atoms with Crippen LogP contribution in [0.1, 0.15) is 32.3 Å². The van der Waals surface area contributed by atoms with Gasteiger partial charge in [0.25, 0.3) is 0 Å². The molecule has 1 N–H and O–H groups in total. The summed E-state index contributed by atoms with van der Waals surface area (Å²) < 4.78 is 0. The lowest BCUT2D eigenvalue weighted by molar-refractivity contribution is 0.524. The summed E-state index contributed by atoms with van der Waals surface area (Å²) in [5.74, 6) is 0.786. The minimum atomic E-state index is 0.786. The highest BCUT2D eigenvalue weighted by atomic mass is 14.7. The summed E-state index contributed by atoms with van der Waals surface area (Å²) >= 11 is 0. The lowest BCUT2D eigenvalue weighted by Crippen LogP contribution is -1.98. The van der Waals surface area contributed by atoms with E-state index in [0.29, 0.717) is 0 Å². The Hall–Kier alpha value is -1.24. The van der Waals surface area contributed by atoms with Gasteiger partial charge in [0.15, 0.2) is 0 Å². The van der Waals surface area contributed by atoms with E-state index in [1.807, 2.05) is 0 Å². The first-order valence-electron chi connectivity index (χ1n) is 5.86. The van der Waals surface area contributed by atoms with E-state index in [4.69, 9.17) is 0 Å². The third kappa shape index (κ3) is 2.23. The van der Waals surface area contributed by atoms with Crippen molar-refractivity contribution in [3.8, 4) is 0 Å². The molecule has 0 unspecified atom stereocenters. The van der Waals surface area contributed by atoms with Crippen LogP contribution in [0.15, 0.2) is 30.5 Å². The first-order valence-corrected chi connectivity index (χ1v) is 5.86. The van der Waals surface area contributed by atoms with Gasteiger partial charge < -0.3 is 4.98 Å². The maximum absolute atomic E-state index is 3.34. The molecule has 1 heteroatoms. The van der Waals surface area contributed by atoms with Crippen molar-refractivity contribution in [2.45, 2.75) is 33.1 Å². The van der Waals surface area contributed by atoms with Crippen LogP contribution in [-0.4, -0.2) is 4.98 Å². The molecule has 0 saturated carbocycles. The van der Waals surface area contributed by atoms with E-state index >= 15 is 0 Å². The fourth-order valence-corrected chi connectivity index (χ4v) is 2.27. The average Bonchev–Trinajstić information content (AvgIpc) is 2.62. The van der Waals surface area contributed by atoms with Crippen LogP contribution in [0.25, 0.3) is 10.9 Å². The van der Waals surface area contributed by atoms with Crippen LogP contribution in [0.4, 0.5) is 0 Å². The Morgan fingerprint density at radius 2 is 2.07 bits per heavy atom. The van der Waals surface area contributed by atoms with E-state index in [0.717, 1.165) is 5.92 Å². The average molecular weight is 201 g/mol. The van der Waals surface area contributed by atoms with Crippen molar-refractivity contribution in [3.63, 3.8) is 0 Å². The molecule has 0 fully saturated rings. The molecule has 2 rings (SSSR count). The molecule has 0 aliphatic carbocycles. The van der Waals surface area contributed by atoms with Crippen molar-refractivity contribution in [3.05, 3.63) is 36.0 Å². The molecule has 1 aromatic heterocycles. The largest absolute Gasteiger partial charge is 0.361 e. The molecule has 1 heterocycles. The summed E-state index contributed by atoms with van der Waals surface area (Å²) in [6.07, 6.45) is 5.96. The zero-order valence-corrected chi connectivity index (χ0v) is 9.59. The number of benzene rings is 1. The van der Waals surface area contributed by atoms with Gasteiger partial charge in [0, 0.05) is 17.1 Å². The smallest absolute Gasteiger partial charge is 0.0456 e. The van der Waals surface area contributed by atoms with Crippen molar-refractivity contribution >= 4 is 10.9 Å². The molecular formula is C14H19N. The SMILES string of the molecule is CCC[C@H](C)Cc1c[nH]c2ccccc12. The number of para-hydroxylation sites is 1. The molecule has 1 nitrogen and oxygen atoms in total. The van der Waals surface area contributed by atoms with Crippen LogP contribution in [0.3, 0.4) is 0 Å². The minimum Gasteiger partial charge on any atom is -0.361 e. The second-order valence-electron chi connectivity index (χ2n) is 4.46. The van der Waals surface area contributed by atoms with E-state index in [-0.39, 0.29) is 0 Å². The van der Waals surface area contributed by atoms with Gasteiger partial charge in [0.2, 0.25) is 0 Å². The standard InChI is InChI=1S/C14H19N/c1-3-6-11(2)9-12-10-15-14-8-5-4-7-13(12)14/h4-5,7-8,10-11,15H,3,6,9H2,1-2H3/t11-/m0/s1. The Kier molecular flexibility index (Phi) is 3.10. The zero-order chi connectivity index (χ0) is 10.7. The van der Waals surface area contributed by atoms with Gasteiger partial charge in [-0.15, -0.1) is 0 Å². The van der Waals surface area contributed by atoms with Crippen LogP contribution < -0.4 is 0 Å². The van der Waals surface area contributed by atoms with Crippen LogP contribution >= 0.6 is 0 Å². The number of H-pyrrole nitrogens is 1. The lowest BCUT2D eigenvalue weighted by Gasteiger charge is -2.08. The van der Waals surface area contributed by atoms with E-state index < -0.39 is 0 Å². The minimum absolute atomic E-state index is 0.786. The molecule has 2 aromatic rings. The Labute approximate surface area is 91.5 Å². The van der Waals surface area contributed by atoms with Gasteiger partial charge in [0.05, 0.1) is 0 Å². The maximum atomic E-state index is 3.34. The second-order valence-corrected chi connectivity index (χ2v) is 4.46. The van der Waals surface area contributed by atoms with Crippen LogP contribution in [0.2, 0.25) is 0 Å². The predicted molar refractivity (Wildman–Crippen MR) is 66.1 cm³/mol. The van der Waals surface area contributed by atoms with Crippen molar-refractivity contribution in [2.75, 3.05) is 0 Å². The second kappa shape index (κ2) is 4.52. The Balaban J connectivity index is 2.21. The van der Waals surface area contributed by atoms with Gasteiger partial charge in [-0.3, -0.25) is 0 Å². The van der Waals surface area contributed by atoms with Gasteiger partial charge in [-0.1, -0.05) is 44.9 Å². The van der Waals surface area contributed by atoms with Crippen molar-refractivity contribution in [2.24, 2.45) is 5.92 Å². The number of hydrogen-bond donors (Lipinski definition) is 1. The molecule has 1 atom stereocenters. The van der Waals surface area contributed by atoms with E-state index in [1.54, 1.807) is 0 Å². The summed E-state index contributed by atoms with van der Waals surface area (Å²) in [5.41, 5.74) is 2.72. The van der Waals surface area contributed by atoms with Crippen molar-refractivity contribution in [1.29, 1.82) is 0 Å². The Morgan fingerprint density at radius 1 is 1.27 bits per heavy atom. The summed E-state index contributed by atoms with van der Waals surface area (Å²) in [4.78, 5) is 3.34. The van der Waals surface area contributed by atoms with E-state index in [2.05, 4.69) is 49.3 Å².